The van der Waals surface area contributed by atoms with Crippen LogP contribution in [0.25, 0.3) is 5.69 Å². The molecular weight excluding hydrogens is 249 g/mol. The van der Waals surface area contributed by atoms with E-state index < -0.39 is 17.8 Å². The molecular formula is C11H9F3N2O2. The first-order valence-corrected chi connectivity index (χ1v) is 5.03. The molecule has 2 aromatic rings. The topological polar surface area (TPSA) is 48.0 Å². The fraction of sp³-hybridized carbons (Fsp3) is 0.273. The average Bonchev–Trinajstić information content (AvgIpc) is 2.58. The molecule has 0 amide bonds. The molecule has 0 bridgehead atoms. The largest absolute Gasteiger partial charge is 0.470 e. The number of nitrogens with zero attached hydrogens (tertiary/aromatic N) is 2. The summed E-state index contributed by atoms with van der Waals surface area (Å²) in [5.74, 6) is -2.71. The van der Waals surface area contributed by atoms with Crippen molar-refractivity contribution in [1.29, 1.82) is 0 Å². The van der Waals surface area contributed by atoms with E-state index in [1.165, 1.54) is 0 Å². The second-order valence-electron chi connectivity index (χ2n) is 3.93. The van der Waals surface area contributed by atoms with Crippen molar-refractivity contribution >= 4 is 0 Å². The van der Waals surface area contributed by atoms with Crippen molar-refractivity contribution in [2.75, 3.05) is 0 Å². The van der Waals surface area contributed by atoms with E-state index in [0.29, 0.717) is 4.68 Å². The van der Waals surface area contributed by atoms with Gasteiger partial charge in [-0.1, -0.05) is 6.07 Å². The number of rotatable bonds is 1. The van der Waals surface area contributed by atoms with Crippen LogP contribution in [0, 0.1) is 13.8 Å². The normalized spacial score (nSPS) is 11.8. The highest BCUT2D eigenvalue weighted by Gasteiger charge is 2.38. The first kappa shape index (κ1) is 12.4. The van der Waals surface area contributed by atoms with Crippen LogP contribution >= 0.6 is 0 Å². The molecule has 0 aliphatic heterocycles. The maximum absolute atomic E-state index is 12.3. The lowest BCUT2D eigenvalue weighted by atomic mass is 10.1. The SMILES string of the molecule is Cc1cc(C)cc(-n2nc(C(F)(F)F)oc2=O)c1. The van der Waals surface area contributed by atoms with E-state index in [0.717, 1.165) is 11.1 Å². The number of aryl methyl sites for hydroxylation is 2. The summed E-state index contributed by atoms with van der Waals surface area (Å²) in [4.78, 5) is 11.3. The molecule has 7 heteroatoms. The third-order valence-electron chi connectivity index (χ3n) is 2.24. The van der Waals surface area contributed by atoms with Crippen LogP contribution in [0.15, 0.2) is 27.4 Å². The van der Waals surface area contributed by atoms with Crippen molar-refractivity contribution in [2.45, 2.75) is 20.0 Å². The summed E-state index contributed by atoms with van der Waals surface area (Å²) in [6.07, 6.45) is -4.77. The van der Waals surface area contributed by atoms with Crippen LogP contribution in [-0.2, 0) is 6.18 Å². The van der Waals surface area contributed by atoms with Crippen LogP contribution in [0.5, 0.6) is 0 Å². The second kappa shape index (κ2) is 4.01. The van der Waals surface area contributed by atoms with Crippen molar-refractivity contribution in [3.8, 4) is 5.69 Å². The Balaban J connectivity index is 2.58. The van der Waals surface area contributed by atoms with Crippen LogP contribution in [0.3, 0.4) is 0 Å². The van der Waals surface area contributed by atoms with Crippen molar-refractivity contribution in [3.63, 3.8) is 0 Å². The quantitative estimate of drug-likeness (QED) is 0.789. The number of hydrogen-bond donors (Lipinski definition) is 0. The van der Waals surface area contributed by atoms with Gasteiger partial charge >= 0.3 is 17.8 Å². The highest BCUT2D eigenvalue weighted by atomic mass is 19.4. The summed E-state index contributed by atoms with van der Waals surface area (Å²) in [5.41, 5.74) is 1.87. The molecule has 0 radical (unpaired) electrons. The van der Waals surface area contributed by atoms with Gasteiger partial charge in [-0.05, 0) is 37.1 Å². The van der Waals surface area contributed by atoms with Crippen molar-refractivity contribution < 1.29 is 17.6 Å². The Morgan fingerprint density at radius 1 is 1.17 bits per heavy atom. The van der Waals surface area contributed by atoms with Crippen LogP contribution < -0.4 is 5.76 Å². The number of aromatic nitrogens is 2. The predicted molar refractivity (Wildman–Crippen MR) is 56.6 cm³/mol. The van der Waals surface area contributed by atoms with E-state index in [-0.39, 0.29) is 5.69 Å². The molecule has 2 rings (SSSR count). The van der Waals surface area contributed by atoms with E-state index >= 15 is 0 Å². The molecule has 0 aliphatic rings. The molecule has 1 aromatic carbocycles. The molecule has 0 fully saturated rings. The molecule has 0 saturated carbocycles. The number of halogens is 3. The fourth-order valence-electron chi connectivity index (χ4n) is 1.63. The minimum Gasteiger partial charge on any atom is -0.383 e. The van der Waals surface area contributed by atoms with Gasteiger partial charge in [-0.15, -0.1) is 5.10 Å². The van der Waals surface area contributed by atoms with Crippen LogP contribution in [0.4, 0.5) is 13.2 Å². The summed E-state index contributed by atoms with van der Waals surface area (Å²) in [7, 11) is 0. The Kier molecular flexibility index (Phi) is 2.76. The lowest BCUT2D eigenvalue weighted by Crippen LogP contribution is -2.14. The Bertz CT molecular complexity index is 620. The standard InChI is InChI=1S/C11H9F3N2O2/c1-6-3-7(2)5-8(4-6)16-10(17)18-9(15-16)11(12,13)14/h3-5H,1-2H3. The zero-order valence-corrected chi connectivity index (χ0v) is 9.58. The molecule has 96 valence electrons. The van der Waals surface area contributed by atoms with Crippen LogP contribution in [0.2, 0.25) is 0 Å². The molecule has 1 heterocycles. The summed E-state index contributed by atoms with van der Waals surface area (Å²) in [5, 5.41) is 3.15. The third-order valence-corrected chi connectivity index (χ3v) is 2.24. The highest BCUT2D eigenvalue weighted by Crippen LogP contribution is 2.26. The molecule has 18 heavy (non-hydrogen) atoms. The summed E-state index contributed by atoms with van der Waals surface area (Å²) < 4.78 is 41.7. The summed E-state index contributed by atoms with van der Waals surface area (Å²) in [6.45, 7) is 3.54. The van der Waals surface area contributed by atoms with Gasteiger partial charge in [-0.2, -0.15) is 17.9 Å². The zero-order valence-electron chi connectivity index (χ0n) is 9.58. The molecule has 0 aliphatic carbocycles. The Morgan fingerprint density at radius 3 is 2.17 bits per heavy atom. The Labute approximate surface area is 99.7 Å². The van der Waals surface area contributed by atoms with Gasteiger partial charge in [0.15, 0.2) is 0 Å². The summed E-state index contributed by atoms with van der Waals surface area (Å²) >= 11 is 0. The molecule has 0 spiro atoms. The third kappa shape index (κ3) is 2.29. The lowest BCUT2D eigenvalue weighted by Gasteiger charge is -2.02. The van der Waals surface area contributed by atoms with E-state index in [4.69, 9.17) is 0 Å². The van der Waals surface area contributed by atoms with Gasteiger partial charge in [-0.3, -0.25) is 0 Å². The minimum atomic E-state index is -4.77. The van der Waals surface area contributed by atoms with E-state index in [1.807, 2.05) is 6.07 Å². The van der Waals surface area contributed by atoms with Gasteiger partial charge in [0, 0.05) is 0 Å². The number of benzene rings is 1. The molecule has 0 atom stereocenters. The minimum absolute atomic E-state index is 0.247. The number of alkyl halides is 3. The van der Waals surface area contributed by atoms with Gasteiger partial charge in [0.1, 0.15) is 0 Å². The average molecular weight is 258 g/mol. The zero-order chi connectivity index (χ0) is 13.5. The van der Waals surface area contributed by atoms with E-state index in [1.54, 1.807) is 26.0 Å². The molecule has 4 nitrogen and oxygen atoms in total. The Hall–Kier alpha value is -2.05. The maximum Gasteiger partial charge on any atom is 0.470 e. The summed E-state index contributed by atoms with van der Waals surface area (Å²) in [6, 6.07) is 4.94. The Morgan fingerprint density at radius 2 is 1.72 bits per heavy atom. The maximum atomic E-state index is 12.3. The van der Waals surface area contributed by atoms with Gasteiger partial charge in [-0.25, -0.2) is 4.79 Å². The van der Waals surface area contributed by atoms with Gasteiger partial charge in [0.25, 0.3) is 0 Å². The van der Waals surface area contributed by atoms with Crippen LogP contribution in [0.1, 0.15) is 17.0 Å². The van der Waals surface area contributed by atoms with Gasteiger partial charge in [0.05, 0.1) is 5.69 Å². The van der Waals surface area contributed by atoms with Crippen molar-refractivity contribution in [2.24, 2.45) is 0 Å². The van der Waals surface area contributed by atoms with E-state index in [9.17, 15) is 18.0 Å². The first-order valence-electron chi connectivity index (χ1n) is 5.03. The first-order chi connectivity index (χ1) is 8.27. The van der Waals surface area contributed by atoms with Gasteiger partial charge < -0.3 is 4.42 Å². The van der Waals surface area contributed by atoms with Crippen LogP contribution in [-0.4, -0.2) is 9.78 Å². The highest BCUT2D eigenvalue weighted by molar-refractivity contribution is 5.38. The number of hydrogen-bond acceptors (Lipinski definition) is 3. The molecule has 0 saturated heterocycles. The monoisotopic (exact) mass is 258 g/mol. The lowest BCUT2D eigenvalue weighted by molar-refractivity contribution is -0.157. The van der Waals surface area contributed by atoms with Crippen molar-refractivity contribution in [1.82, 2.24) is 9.78 Å². The molecule has 1 aromatic heterocycles. The van der Waals surface area contributed by atoms with Gasteiger partial charge in [0.2, 0.25) is 0 Å². The molecule has 0 unspecified atom stereocenters. The van der Waals surface area contributed by atoms with E-state index in [2.05, 4.69) is 9.52 Å². The molecule has 0 N–H and O–H groups in total. The second-order valence-corrected chi connectivity index (χ2v) is 3.93. The van der Waals surface area contributed by atoms with Crippen molar-refractivity contribution in [3.05, 3.63) is 45.8 Å². The fourth-order valence-corrected chi connectivity index (χ4v) is 1.63. The smallest absolute Gasteiger partial charge is 0.383 e. The predicted octanol–water partition coefficient (Wildman–Crippen LogP) is 2.46.